The van der Waals surface area contributed by atoms with Crippen LogP contribution in [0, 0.1) is 12.7 Å². The van der Waals surface area contributed by atoms with Gasteiger partial charge in [-0.15, -0.1) is 5.10 Å². The third-order valence-corrected chi connectivity index (χ3v) is 2.27. The van der Waals surface area contributed by atoms with Gasteiger partial charge < -0.3 is 0 Å². The highest BCUT2D eigenvalue weighted by molar-refractivity contribution is 6.30. The summed E-state index contributed by atoms with van der Waals surface area (Å²) >= 11 is 5.63. The summed E-state index contributed by atoms with van der Waals surface area (Å²) in [5, 5.41) is 7.54. The summed E-state index contributed by atoms with van der Waals surface area (Å²) in [6.45, 7) is 1.65. The van der Waals surface area contributed by atoms with E-state index in [1.54, 1.807) is 19.2 Å². The second-order valence-corrected chi connectivity index (χ2v) is 3.26. The van der Waals surface area contributed by atoms with Crippen LogP contribution in [0.3, 0.4) is 0 Å². The summed E-state index contributed by atoms with van der Waals surface area (Å²) in [6, 6.07) is 3.20. The molecule has 0 bridgehead atoms. The van der Waals surface area contributed by atoms with Crippen molar-refractivity contribution in [1.29, 1.82) is 0 Å². The van der Waals surface area contributed by atoms with Gasteiger partial charge in [0.15, 0.2) is 0 Å². The van der Waals surface area contributed by atoms with Crippen LogP contribution in [0.1, 0.15) is 5.56 Å². The predicted molar refractivity (Wildman–Crippen MR) is 51.1 cm³/mol. The van der Waals surface area contributed by atoms with Crippen molar-refractivity contribution in [3.63, 3.8) is 0 Å². The van der Waals surface area contributed by atoms with Crippen molar-refractivity contribution < 1.29 is 4.39 Å². The largest absolute Gasteiger partial charge is 0.220 e. The Kier molecular flexibility index (Phi) is 2.21. The van der Waals surface area contributed by atoms with Crippen molar-refractivity contribution in [2.24, 2.45) is 0 Å². The molecule has 0 radical (unpaired) electrons. The van der Waals surface area contributed by atoms with E-state index in [1.165, 1.54) is 16.9 Å². The topological polar surface area (TPSA) is 30.7 Å². The zero-order valence-corrected chi connectivity index (χ0v) is 8.16. The first-order chi connectivity index (χ1) is 6.70. The first-order valence-corrected chi connectivity index (χ1v) is 4.39. The lowest BCUT2D eigenvalue weighted by atomic mass is 10.2. The van der Waals surface area contributed by atoms with Crippen LogP contribution in [0.15, 0.2) is 24.5 Å². The molecule has 14 heavy (non-hydrogen) atoms. The van der Waals surface area contributed by atoms with E-state index in [0.29, 0.717) is 11.3 Å². The molecule has 0 spiro atoms. The van der Waals surface area contributed by atoms with Crippen molar-refractivity contribution in [3.8, 4) is 5.69 Å². The van der Waals surface area contributed by atoms with Gasteiger partial charge in [0.2, 0.25) is 0 Å². The molecule has 72 valence electrons. The molecule has 0 unspecified atom stereocenters. The van der Waals surface area contributed by atoms with Crippen LogP contribution in [0.25, 0.3) is 5.69 Å². The van der Waals surface area contributed by atoms with Gasteiger partial charge in [-0.05, 0) is 19.1 Å². The molecular formula is C9H7ClFN3. The maximum absolute atomic E-state index is 13.4. The summed E-state index contributed by atoms with van der Waals surface area (Å²) < 4.78 is 14.9. The molecule has 0 amide bonds. The monoisotopic (exact) mass is 211 g/mol. The fourth-order valence-electron chi connectivity index (χ4n) is 1.23. The van der Waals surface area contributed by atoms with Crippen molar-refractivity contribution in [1.82, 2.24) is 15.0 Å². The van der Waals surface area contributed by atoms with Gasteiger partial charge in [0, 0.05) is 5.56 Å². The molecule has 1 aromatic carbocycles. The zero-order valence-electron chi connectivity index (χ0n) is 7.41. The molecule has 0 N–H and O–H groups in total. The summed E-state index contributed by atoms with van der Waals surface area (Å²) in [5.74, 6) is -0.417. The van der Waals surface area contributed by atoms with Gasteiger partial charge in [-0.1, -0.05) is 16.8 Å². The Morgan fingerprint density at radius 2 is 2.21 bits per heavy atom. The SMILES string of the molecule is Cc1c(-n2ccnn2)ccc(Cl)c1F. The highest BCUT2D eigenvalue weighted by Crippen LogP contribution is 2.22. The molecule has 0 saturated carbocycles. The quantitative estimate of drug-likeness (QED) is 0.725. The summed E-state index contributed by atoms with van der Waals surface area (Å²) in [4.78, 5) is 0. The number of rotatable bonds is 1. The van der Waals surface area contributed by atoms with Gasteiger partial charge in [0.05, 0.1) is 23.1 Å². The molecule has 1 aromatic heterocycles. The van der Waals surface area contributed by atoms with E-state index in [2.05, 4.69) is 10.3 Å². The van der Waals surface area contributed by atoms with Gasteiger partial charge in [0.25, 0.3) is 0 Å². The molecule has 0 saturated heterocycles. The van der Waals surface area contributed by atoms with Gasteiger partial charge in [0.1, 0.15) is 5.82 Å². The van der Waals surface area contributed by atoms with Crippen molar-refractivity contribution in [3.05, 3.63) is 40.9 Å². The van der Waals surface area contributed by atoms with E-state index in [0.717, 1.165) is 0 Å². The molecule has 0 fully saturated rings. The van der Waals surface area contributed by atoms with Crippen LogP contribution in [0.5, 0.6) is 0 Å². The second kappa shape index (κ2) is 3.38. The summed E-state index contributed by atoms with van der Waals surface area (Å²) in [6.07, 6.45) is 3.18. The normalized spacial score (nSPS) is 10.5. The van der Waals surface area contributed by atoms with Crippen molar-refractivity contribution in [2.75, 3.05) is 0 Å². The Bertz CT molecular complexity index is 453. The first kappa shape index (κ1) is 9.15. The van der Waals surface area contributed by atoms with E-state index >= 15 is 0 Å². The molecule has 0 atom stereocenters. The lowest BCUT2D eigenvalue weighted by Gasteiger charge is -2.06. The number of halogens is 2. The highest BCUT2D eigenvalue weighted by Gasteiger charge is 2.09. The van der Waals surface area contributed by atoms with E-state index in [4.69, 9.17) is 11.6 Å². The van der Waals surface area contributed by atoms with Crippen LogP contribution in [0.4, 0.5) is 4.39 Å². The average Bonchev–Trinajstić information content (AvgIpc) is 2.67. The smallest absolute Gasteiger partial charge is 0.146 e. The van der Waals surface area contributed by atoms with Crippen LogP contribution in [-0.2, 0) is 0 Å². The number of hydrogen-bond donors (Lipinski definition) is 0. The Morgan fingerprint density at radius 3 is 2.86 bits per heavy atom. The summed E-state index contributed by atoms with van der Waals surface area (Å²) in [5.41, 5.74) is 1.10. The zero-order chi connectivity index (χ0) is 10.1. The minimum atomic E-state index is -0.417. The molecule has 3 nitrogen and oxygen atoms in total. The van der Waals surface area contributed by atoms with Gasteiger partial charge >= 0.3 is 0 Å². The lowest BCUT2D eigenvalue weighted by Crippen LogP contribution is -2.00. The fraction of sp³-hybridized carbons (Fsp3) is 0.111. The first-order valence-electron chi connectivity index (χ1n) is 4.01. The van der Waals surface area contributed by atoms with E-state index < -0.39 is 5.82 Å². The van der Waals surface area contributed by atoms with Gasteiger partial charge in [-0.3, -0.25) is 0 Å². The predicted octanol–water partition coefficient (Wildman–Crippen LogP) is 2.37. The maximum Gasteiger partial charge on any atom is 0.146 e. The minimum Gasteiger partial charge on any atom is -0.220 e. The molecule has 0 aliphatic carbocycles. The molecule has 5 heteroatoms. The Labute approximate surface area is 85.1 Å². The van der Waals surface area contributed by atoms with Crippen LogP contribution in [0.2, 0.25) is 5.02 Å². The average molecular weight is 212 g/mol. The maximum atomic E-state index is 13.4. The van der Waals surface area contributed by atoms with Crippen LogP contribution in [-0.4, -0.2) is 15.0 Å². The Morgan fingerprint density at radius 1 is 1.43 bits per heavy atom. The van der Waals surface area contributed by atoms with Gasteiger partial charge in [-0.25, -0.2) is 9.07 Å². The molecule has 2 aromatic rings. The van der Waals surface area contributed by atoms with Crippen LogP contribution < -0.4 is 0 Å². The van der Waals surface area contributed by atoms with Crippen molar-refractivity contribution in [2.45, 2.75) is 6.92 Å². The Balaban J connectivity index is 2.61. The molecule has 0 aliphatic heterocycles. The fourth-order valence-corrected chi connectivity index (χ4v) is 1.43. The highest BCUT2D eigenvalue weighted by atomic mass is 35.5. The van der Waals surface area contributed by atoms with Gasteiger partial charge in [-0.2, -0.15) is 0 Å². The van der Waals surface area contributed by atoms with Crippen LogP contribution >= 0.6 is 11.6 Å². The van der Waals surface area contributed by atoms with Crippen molar-refractivity contribution >= 4 is 11.6 Å². The molecule has 1 heterocycles. The van der Waals surface area contributed by atoms with E-state index in [-0.39, 0.29) is 5.02 Å². The number of nitrogens with zero attached hydrogens (tertiary/aromatic N) is 3. The number of benzene rings is 1. The minimum absolute atomic E-state index is 0.117. The molecule has 2 rings (SSSR count). The summed E-state index contributed by atoms with van der Waals surface area (Å²) in [7, 11) is 0. The number of aromatic nitrogens is 3. The van der Waals surface area contributed by atoms with E-state index in [1.807, 2.05) is 0 Å². The van der Waals surface area contributed by atoms with E-state index in [9.17, 15) is 4.39 Å². The standard InChI is InChI=1S/C9H7ClFN3/c1-6-8(14-5-4-12-13-14)3-2-7(10)9(6)11/h2-5H,1H3. The lowest BCUT2D eigenvalue weighted by molar-refractivity contribution is 0.615. The molecule has 0 aliphatic rings. The number of hydrogen-bond acceptors (Lipinski definition) is 2. The third-order valence-electron chi connectivity index (χ3n) is 1.98. The third kappa shape index (κ3) is 1.37. The Hall–Kier alpha value is -1.42. The molecular weight excluding hydrogens is 205 g/mol. The second-order valence-electron chi connectivity index (χ2n) is 2.85.